The number of esters is 3. The molecule has 10 nitrogen and oxygen atoms in total. The molecular formula is C23H31NO9. The number of nitriles is 1. The van der Waals surface area contributed by atoms with Gasteiger partial charge in [-0.25, -0.2) is 19.2 Å². The van der Waals surface area contributed by atoms with Crippen LogP contribution in [0.3, 0.4) is 0 Å². The topological polar surface area (TPSA) is 160 Å². The maximum atomic E-state index is 11.3. The van der Waals surface area contributed by atoms with Crippen molar-refractivity contribution < 1.29 is 43.6 Å². The molecule has 0 spiro atoms. The largest absolute Gasteiger partial charge is 0.478 e. The molecule has 0 bridgehead atoms. The van der Waals surface area contributed by atoms with Gasteiger partial charge in [0.05, 0.1) is 31.5 Å². The van der Waals surface area contributed by atoms with Gasteiger partial charge in [0.2, 0.25) is 0 Å². The first kappa shape index (κ1) is 33.7. The molecule has 0 aliphatic heterocycles. The molecule has 0 radical (unpaired) electrons. The second-order valence-electron chi connectivity index (χ2n) is 5.32. The zero-order chi connectivity index (χ0) is 25.9. The number of hydrogen-bond acceptors (Lipinski definition) is 9. The second kappa shape index (κ2) is 26.1. The van der Waals surface area contributed by atoms with Crippen LogP contribution in [-0.2, 0) is 33.4 Å². The van der Waals surface area contributed by atoms with Gasteiger partial charge in [-0.05, 0) is 25.5 Å². The SMILES string of the molecule is C=CC(=O)OCCCC.C=CC(=O)OCCO.CCOC(=O)C(C=CC#N)=CC=CC(=O)O. The van der Waals surface area contributed by atoms with Crippen LogP contribution in [0.15, 0.2) is 61.3 Å². The van der Waals surface area contributed by atoms with Crippen LogP contribution in [0, 0.1) is 11.3 Å². The lowest BCUT2D eigenvalue weighted by Gasteiger charge is -2.00. The molecule has 0 aliphatic rings. The minimum Gasteiger partial charge on any atom is -0.478 e. The molecule has 182 valence electrons. The Labute approximate surface area is 193 Å². The van der Waals surface area contributed by atoms with Crippen molar-refractivity contribution in [1.82, 2.24) is 0 Å². The quantitative estimate of drug-likeness (QED) is 0.109. The summed E-state index contributed by atoms with van der Waals surface area (Å²) in [6, 6.07) is 1.72. The van der Waals surface area contributed by atoms with E-state index in [4.69, 9.17) is 20.2 Å². The van der Waals surface area contributed by atoms with E-state index in [1.165, 1.54) is 24.3 Å². The summed E-state index contributed by atoms with van der Waals surface area (Å²) in [6.45, 7) is 10.7. The minimum absolute atomic E-state index is 0.0465. The lowest BCUT2D eigenvalue weighted by atomic mass is 10.2. The normalized spacial score (nSPS) is 9.94. The van der Waals surface area contributed by atoms with Crippen molar-refractivity contribution in [3.63, 3.8) is 0 Å². The Morgan fingerprint density at radius 3 is 1.97 bits per heavy atom. The Bertz CT molecular complexity index is 744. The highest BCUT2D eigenvalue weighted by Crippen LogP contribution is 2.01. The zero-order valence-corrected chi connectivity index (χ0v) is 18.9. The number of ether oxygens (including phenoxy) is 3. The average Bonchev–Trinajstić information content (AvgIpc) is 2.80. The Kier molecular flexibility index (Phi) is 26.6. The predicted octanol–water partition coefficient (Wildman–Crippen LogP) is 2.42. The van der Waals surface area contributed by atoms with Crippen LogP contribution in [0.25, 0.3) is 0 Å². The number of unbranched alkanes of at least 4 members (excludes halogenated alkanes) is 1. The van der Waals surface area contributed by atoms with Crippen molar-refractivity contribution in [2.45, 2.75) is 26.7 Å². The van der Waals surface area contributed by atoms with E-state index in [0.717, 1.165) is 31.1 Å². The van der Waals surface area contributed by atoms with Crippen molar-refractivity contribution in [1.29, 1.82) is 5.26 Å². The number of carboxylic acid groups (broad SMARTS) is 1. The highest BCUT2D eigenvalue weighted by Gasteiger charge is 2.05. The molecular weight excluding hydrogens is 434 g/mol. The van der Waals surface area contributed by atoms with Crippen LogP contribution in [0.1, 0.15) is 26.7 Å². The van der Waals surface area contributed by atoms with Gasteiger partial charge in [0.1, 0.15) is 6.61 Å². The monoisotopic (exact) mass is 465 g/mol. The zero-order valence-electron chi connectivity index (χ0n) is 18.9. The van der Waals surface area contributed by atoms with Crippen LogP contribution in [0.2, 0.25) is 0 Å². The molecule has 0 atom stereocenters. The summed E-state index contributed by atoms with van der Waals surface area (Å²) in [5.74, 6) is -2.56. The summed E-state index contributed by atoms with van der Waals surface area (Å²) in [6.07, 6.45) is 9.90. The van der Waals surface area contributed by atoms with Gasteiger partial charge in [0.25, 0.3) is 0 Å². The van der Waals surface area contributed by atoms with E-state index < -0.39 is 17.9 Å². The number of aliphatic hydroxyl groups excluding tert-OH is 1. The van der Waals surface area contributed by atoms with Crippen LogP contribution in [0.5, 0.6) is 0 Å². The fourth-order valence-corrected chi connectivity index (χ4v) is 1.35. The minimum atomic E-state index is -1.12. The van der Waals surface area contributed by atoms with E-state index in [1.807, 2.05) is 6.92 Å². The third kappa shape index (κ3) is 28.0. The predicted molar refractivity (Wildman–Crippen MR) is 121 cm³/mol. The number of carbonyl (C=O) groups is 4. The summed E-state index contributed by atoms with van der Waals surface area (Å²) >= 11 is 0. The van der Waals surface area contributed by atoms with Crippen LogP contribution in [-0.4, -0.2) is 60.5 Å². The lowest BCUT2D eigenvalue weighted by molar-refractivity contribution is -0.139. The van der Waals surface area contributed by atoms with E-state index in [2.05, 4.69) is 22.6 Å². The number of allylic oxidation sites excluding steroid dienone is 3. The third-order valence-electron chi connectivity index (χ3n) is 2.77. The number of carbonyl (C=O) groups excluding carboxylic acids is 3. The smallest absolute Gasteiger partial charge is 0.338 e. The van der Waals surface area contributed by atoms with Gasteiger partial charge in [-0.15, -0.1) is 0 Å². The molecule has 0 rings (SSSR count). The van der Waals surface area contributed by atoms with Gasteiger partial charge in [-0.2, -0.15) is 5.26 Å². The fourth-order valence-electron chi connectivity index (χ4n) is 1.35. The Hall–Kier alpha value is -3.97. The van der Waals surface area contributed by atoms with E-state index in [9.17, 15) is 19.2 Å². The summed E-state index contributed by atoms with van der Waals surface area (Å²) in [7, 11) is 0. The number of aliphatic carboxylic acids is 1. The molecule has 0 amide bonds. The van der Waals surface area contributed by atoms with Gasteiger partial charge in [-0.3, -0.25) is 0 Å². The van der Waals surface area contributed by atoms with E-state index in [0.29, 0.717) is 6.61 Å². The van der Waals surface area contributed by atoms with Gasteiger partial charge >= 0.3 is 23.9 Å². The van der Waals surface area contributed by atoms with Crippen molar-refractivity contribution in [3.8, 4) is 6.07 Å². The number of nitrogens with zero attached hydrogens (tertiary/aromatic N) is 1. The molecule has 0 heterocycles. The Morgan fingerprint density at radius 2 is 1.55 bits per heavy atom. The fraction of sp³-hybridized carbons (Fsp3) is 0.348. The summed E-state index contributed by atoms with van der Waals surface area (Å²) in [5, 5.41) is 24.8. The molecule has 0 aromatic heterocycles. The van der Waals surface area contributed by atoms with Gasteiger partial charge in [-0.1, -0.05) is 32.6 Å². The standard InChI is InChI=1S/C11H11NO4.C7H12O2.C5H8O3/c1-2-16-11(15)9(6-4-8-12)5-3-7-10(13)14;1-3-5-6-9-7(8)4-2;1-2-5(7)8-4-3-6/h3-7H,2H2,1H3,(H,13,14);4H,2-3,5-6H2,1H3;2,6H,1,3-4H2. The van der Waals surface area contributed by atoms with Crippen molar-refractivity contribution >= 4 is 23.9 Å². The van der Waals surface area contributed by atoms with Crippen LogP contribution >= 0.6 is 0 Å². The Morgan fingerprint density at radius 1 is 0.970 bits per heavy atom. The van der Waals surface area contributed by atoms with E-state index in [1.54, 1.807) is 13.0 Å². The van der Waals surface area contributed by atoms with E-state index >= 15 is 0 Å². The molecule has 2 N–H and O–H groups in total. The number of hydrogen-bond donors (Lipinski definition) is 2. The molecule has 0 unspecified atom stereocenters. The summed E-state index contributed by atoms with van der Waals surface area (Å²) in [5.41, 5.74) is 0.112. The molecule has 0 aliphatic carbocycles. The molecule has 0 saturated carbocycles. The highest BCUT2D eigenvalue weighted by molar-refractivity contribution is 5.92. The first-order valence-corrected chi connectivity index (χ1v) is 9.77. The van der Waals surface area contributed by atoms with Gasteiger partial charge in [0, 0.05) is 24.3 Å². The second-order valence-corrected chi connectivity index (χ2v) is 5.32. The third-order valence-corrected chi connectivity index (χ3v) is 2.77. The number of aliphatic hydroxyl groups is 1. The molecule has 0 aromatic rings. The molecule has 33 heavy (non-hydrogen) atoms. The highest BCUT2D eigenvalue weighted by atomic mass is 16.5. The van der Waals surface area contributed by atoms with Crippen molar-refractivity contribution in [3.05, 3.63) is 61.3 Å². The van der Waals surface area contributed by atoms with Crippen molar-refractivity contribution in [2.75, 3.05) is 26.4 Å². The number of carboxylic acids is 1. The molecule has 0 fully saturated rings. The first-order valence-electron chi connectivity index (χ1n) is 9.77. The van der Waals surface area contributed by atoms with Crippen molar-refractivity contribution in [2.24, 2.45) is 0 Å². The Balaban J connectivity index is -0.000000449. The van der Waals surface area contributed by atoms with Gasteiger partial charge < -0.3 is 24.4 Å². The number of rotatable bonds is 12. The summed E-state index contributed by atoms with van der Waals surface area (Å²) in [4.78, 5) is 41.9. The van der Waals surface area contributed by atoms with Gasteiger partial charge in [0.15, 0.2) is 0 Å². The first-order chi connectivity index (χ1) is 15.7. The maximum absolute atomic E-state index is 11.3. The molecule has 0 saturated heterocycles. The van der Waals surface area contributed by atoms with Crippen LogP contribution < -0.4 is 0 Å². The maximum Gasteiger partial charge on any atom is 0.338 e. The van der Waals surface area contributed by atoms with E-state index in [-0.39, 0.29) is 31.4 Å². The lowest BCUT2D eigenvalue weighted by Crippen LogP contribution is -2.05. The molecule has 0 aromatic carbocycles. The molecule has 10 heteroatoms. The van der Waals surface area contributed by atoms with Crippen LogP contribution in [0.4, 0.5) is 0 Å². The average molecular weight is 465 g/mol. The summed E-state index contributed by atoms with van der Waals surface area (Å²) < 4.78 is 13.7.